The lowest BCUT2D eigenvalue weighted by Gasteiger charge is -2.13. The predicted molar refractivity (Wildman–Crippen MR) is 63.3 cm³/mol. The minimum atomic E-state index is -1.04. The second kappa shape index (κ2) is 5.40. The Bertz CT molecular complexity index is 578. The Labute approximate surface area is 107 Å². The van der Waals surface area contributed by atoms with Crippen molar-refractivity contribution < 1.29 is 17.6 Å². The summed E-state index contributed by atoms with van der Waals surface area (Å²) in [5, 5.41) is 0. The third-order valence-electron chi connectivity index (χ3n) is 2.86. The van der Waals surface area contributed by atoms with Crippen LogP contribution in [0.25, 0.3) is 0 Å². The van der Waals surface area contributed by atoms with Crippen molar-refractivity contribution in [1.82, 2.24) is 0 Å². The first kappa shape index (κ1) is 13.5. The Hall–Kier alpha value is -1.88. The molecule has 2 rings (SSSR count). The highest BCUT2D eigenvalue weighted by Gasteiger charge is 2.15. The van der Waals surface area contributed by atoms with E-state index in [0.717, 1.165) is 24.3 Å². The predicted octanol–water partition coefficient (Wildman–Crippen LogP) is 3.49. The number of hydrogen-bond donors (Lipinski definition) is 1. The number of rotatable bonds is 3. The van der Waals surface area contributed by atoms with E-state index >= 15 is 0 Å². The molecule has 0 aliphatic heterocycles. The third-order valence-corrected chi connectivity index (χ3v) is 2.86. The molecule has 0 bridgehead atoms. The summed E-state index contributed by atoms with van der Waals surface area (Å²) in [6, 6.07) is 5.83. The highest BCUT2D eigenvalue weighted by molar-refractivity contribution is 5.26. The lowest BCUT2D eigenvalue weighted by Crippen LogP contribution is -2.15. The summed E-state index contributed by atoms with van der Waals surface area (Å²) >= 11 is 0. The van der Waals surface area contributed by atoms with Crippen LogP contribution >= 0.6 is 0 Å². The molecule has 5 heteroatoms. The van der Waals surface area contributed by atoms with Gasteiger partial charge in [-0.3, -0.25) is 0 Å². The Balaban J connectivity index is 2.25. The SMILES string of the molecule is NC(Cc1c(F)cccc1F)c1ccc(F)c(F)c1. The minimum absolute atomic E-state index is 0.135. The molecule has 1 unspecified atom stereocenters. The molecule has 0 saturated carbocycles. The van der Waals surface area contributed by atoms with Crippen LogP contribution in [0.5, 0.6) is 0 Å². The molecule has 0 aromatic heterocycles. The minimum Gasteiger partial charge on any atom is -0.324 e. The molecule has 0 aliphatic rings. The van der Waals surface area contributed by atoms with E-state index in [-0.39, 0.29) is 17.5 Å². The van der Waals surface area contributed by atoms with Gasteiger partial charge in [0.25, 0.3) is 0 Å². The van der Waals surface area contributed by atoms with E-state index in [4.69, 9.17) is 5.73 Å². The molecule has 1 nitrogen and oxygen atoms in total. The van der Waals surface area contributed by atoms with E-state index < -0.39 is 29.3 Å². The van der Waals surface area contributed by atoms with Crippen LogP contribution in [0.4, 0.5) is 17.6 Å². The summed E-state index contributed by atoms with van der Waals surface area (Å²) in [5.74, 6) is -3.45. The third kappa shape index (κ3) is 2.93. The zero-order valence-electron chi connectivity index (χ0n) is 9.84. The number of nitrogens with two attached hydrogens (primary N) is 1. The first-order valence-electron chi connectivity index (χ1n) is 5.62. The Morgan fingerprint density at radius 2 is 1.47 bits per heavy atom. The Morgan fingerprint density at radius 3 is 2.05 bits per heavy atom. The smallest absolute Gasteiger partial charge is 0.159 e. The molecule has 0 spiro atoms. The molecule has 19 heavy (non-hydrogen) atoms. The van der Waals surface area contributed by atoms with Gasteiger partial charge < -0.3 is 5.73 Å². The summed E-state index contributed by atoms with van der Waals surface area (Å²) in [7, 11) is 0. The summed E-state index contributed by atoms with van der Waals surface area (Å²) in [6.45, 7) is 0. The van der Waals surface area contributed by atoms with E-state index in [2.05, 4.69) is 0 Å². The van der Waals surface area contributed by atoms with Crippen LogP contribution in [0.15, 0.2) is 36.4 Å². The maximum atomic E-state index is 13.4. The van der Waals surface area contributed by atoms with Crippen molar-refractivity contribution in [3.63, 3.8) is 0 Å². The van der Waals surface area contributed by atoms with E-state index in [1.54, 1.807) is 0 Å². The molecule has 0 heterocycles. The molecule has 1 atom stereocenters. The molecular weight excluding hydrogens is 258 g/mol. The van der Waals surface area contributed by atoms with Gasteiger partial charge in [0.05, 0.1) is 0 Å². The van der Waals surface area contributed by atoms with Gasteiger partial charge in [-0.05, 0) is 36.2 Å². The molecule has 2 aromatic rings. The van der Waals surface area contributed by atoms with E-state index in [1.165, 1.54) is 12.1 Å². The van der Waals surface area contributed by atoms with Crippen molar-refractivity contribution in [2.45, 2.75) is 12.5 Å². The zero-order chi connectivity index (χ0) is 14.0. The van der Waals surface area contributed by atoms with Crippen molar-refractivity contribution in [2.75, 3.05) is 0 Å². The van der Waals surface area contributed by atoms with Crippen molar-refractivity contribution in [3.8, 4) is 0 Å². The topological polar surface area (TPSA) is 26.0 Å². The molecule has 100 valence electrons. The van der Waals surface area contributed by atoms with Crippen LogP contribution in [-0.2, 0) is 6.42 Å². The summed E-state index contributed by atoms with van der Waals surface area (Å²) in [4.78, 5) is 0. The Morgan fingerprint density at radius 1 is 0.842 bits per heavy atom. The zero-order valence-corrected chi connectivity index (χ0v) is 9.84. The van der Waals surface area contributed by atoms with Gasteiger partial charge in [-0.2, -0.15) is 0 Å². The van der Waals surface area contributed by atoms with Crippen LogP contribution in [0.3, 0.4) is 0 Å². The summed E-state index contributed by atoms with van der Waals surface area (Å²) < 4.78 is 52.7. The molecule has 2 N–H and O–H groups in total. The average Bonchev–Trinajstić information content (AvgIpc) is 2.37. The molecule has 0 radical (unpaired) electrons. The van der Waals surface area contributed by atoms with Gasteiger partial charge in [0, 0.05) is 11.6 Å². The van der Waals surface area contributed by atoms with Gasteiger partial charge in [-0.25, -0.2) is 17.6 Å². The lowest BCUT2D eigenvalue weighted by molar-refractivity contribution is 0.503. The van der Waals surface area contributed by atoms with Crippen LogP contribution in [-0.4, -0.2) is 0 Å². The number of benzene rings is 2. The van der Waals surface area contributed by atoms with Crippen LogP contribution < -0.4 is 5.73 Å². The van der Waals surface area contributed by atoms with Gasteiger partial charge in [0.1, 0.15) is 11.6 Å². The van der Waals surface area contributed by atoms with E-state index in [9.17, 15) is 17.6 Å². The first-order chi connectivity index (χ1) is 8.99. The lowest BCUT2D eigenvalue weighted by atomic mass is 9.99. The molecule has 2 aromatic carbocycles. The van der Waals surface area contributed by atoms with Gasteiger partial charge in [0.2, 0.25) is 0 Å². The van der Waals surface area contributed by atoms with Gasteiger partial charge >= 0.3 is 0 Å². The van der Waals surface area contributed by atoms with Crippen molar-refractivity contribution >= 4 is 0 Å². The maximum Gasteiger partial charge on any atom is 0.159 e. The largest absolute Gasteiger partial charge is 0.324 e. The van der Waals surface area contributed by atoms with Crippen molar-refractivity contribution in [3.05, 3.63) is 70.8 Å². The summed E-state index contributed by atoms with van der Waals surface area (Å²) in [6.07, 6.45) is -0.135. The highest BCUT2D eigenvalue weighted by Crippen LogP contribution is 2.21. The fourth-order valence-corrected chi connectivity index (χ4v) is 1.81. The Kier molecular flexibility index (Phi) is 3.85. The van der Waals surface area contributed by atoms with Crippen LogP contribution in [0, 0.1) is 23.3 Å². The van der Waals surface area contributed by atoms with Gasteiger partial charge in [0.15, 0.2) is 11.6 Å². The second-order valence-electron chi connectivity index (χ2n) is 4.18. The van der Waals surface area contributed by atoms with E-state index in [0.29, 0.717) is 0 Å². The van der Waals surface area contributed by atoms with Crippen molar-refractivity contribution in [1.29, 1.82) is 0 Å². The average molecular weight is 269 g/mol. The summed E-state index contributed by atoms with van der Waals surface area (Å²) in [5.41, 5.74) is 5.87. The van der Waals surface area contributed by atoms with Gasteiger partial charge in [-0.1, -0.05) is 12.1 Å². The molecule has 0 aliphatic carbocycles. The second-order valence-corrected chi connectivity index (χ2v) is 4.18. The van der Waals surface area contributed by atoms with Crippen molar-refractivity contribution in [2.24, 2.45) is 5.73 Å². The number of halogens is 4. The van der Waals surface area contributed by atoms with Gasteiger partial charge in [-0.15, -0.1) is 0 Å². The molecule has 0 fully saturated rings. The van der Waals surface area contributed by atoms with Crippen LogP contribution in [0.1, 0.15) is 17.2 Å². The monoisotopic (exact) mass is 269 g/mol. The quantitative estimate of drug-likeness (QED) is 0.848. The first-order valence-corrected chi connectivity index (χ1v) is 5.62. The fourth-order valence-electron chi connectivity index (χ4n) is 1.81. The maximum absolute atomic E-state index is 13.4. The number of hydrogen-bond acceptors (Lipinski definition) is 1. The molecular formula is C14H11F4N. The highest BCUT2D eigenvalue weighted by atomic mass is 19.2. The molecule has 0 amide bonds. The normalized spacial score (nSPS) is 12.5. The standard InChI is InChI=1S/C14H11F4N/c15-10-2-1-3-11(16)9(10)7-14(19)8-4-5-12(17)13(18)6-8/h1-6,14H,7,19H2. The van der Waals surface area contributed by atoms with E-state index in [1.807, 2.05) is 0 Å². The van der Waals surface area contributed by atoms with Crippen LogP contribution in [0.2, 0.25) is 0 Å². The molecule has 0 saturated heterocycles. The fraction of sp³-hybridized carbons (Fsp3) is 0.143.